The highest BCUT2D eigenvalue weighted by Crippen LogP contribution is 2.26. The summed E-state index contributed by atoms with van der Waals surface area (Å²) >= 11 is 12.2. The largest absolute Gasteiger partial charge is 0.416 e. The van der Waals surface area contributed by atoms with E-state index in [9.17, 15) is 28.2 Å². The van der Waals surface area contributed by atoms with Crippen LogP contribution >= 0.6 is 23.2 Å². The lowest BCUT2D eigenvalue weighted by molar-refractivity contribution is -0.207. The lowest BCUT2D eigenvalue weighted by Gasteiger charge is -2.15. The van der Waals surface area contributed by atoms with E-state index < -0.39 is 30.6 Å². The number of alkyl halides is 3. The van der Waals surface area contributed by atoms with Crippen LogP contribution in [-0.4, -0.2) is 51.6 Å². The average Bonchev–Trinajstić information content (AvgIpc) is 3.40. The summed E-state index contributed by atoms with van der Waals surface area (Å²) < 4.78 is 42.2. The van der Waals surface area contributed by atoms with E-state index in [0.29, 0.717) is 27.7 Å². The molecule has 37 heavy (non-hydrogen) atoms. The van der Waals surface area contributed by atoms with E-state index in [4.69, 9.17) is 23.2 Å². The zero-order valence-corrected chi connectivity index (χ0v) is 20.8. The lowest BCUT2D eigenvalue weighted by Crippen LogP contribution is -2.37. The Morgan fingerprint density at radius 3 is 2.32 bits per heavy atom. The summed E-state index contributed by atoms with van der Waals surface area (Å²) in [6.07, 6.45) is -8.43. The van der Waals surface area contributed by atoms with E-state index in [0.717, 1.165) is 9.25 Å². The number of benzene rings is 2. The van der Waals surface area contributed by atoms with E-state index in [1.54, 1.807) is 31.2 Å². The fraction of sp³-hybridized carbons (Fsp3) is 0.304. The van der Waals surface area contributed by atoms with Crippen molar-refractivity contribution in [3.63, 3.8) is 0 Å². The molecule has 4 aromatic rings. The van der Waals surface area contributed by atoms with Crippen molar-refractivity contribution >= 4 is 23.2 Å². The smallest absolute Gasteiger partial charge is 0.385 e. The minimum absolute atomic E-state index is 0.0631. The van der Waals surface area contributed by atoms with Crippen LogP contribution in [0, 0.1) is 0 Å². The lowest BCUT2D eigenvalue weighted by atomic mass is 10.2. The standard InChI is InChI=1S/C23H21Cl2F3N6O3/c1-2-17(35)21-29-19(30-34(21)16-6-4-3-5-15(16)25)12-33-22(37)32(11-18(36)23(26,27)28)20(31-33)13-7-9-14(24)10-8-13/h3-10,17-18,35-36H,2,11-12H2,1H3/t17?,18-/m0/s1. The molecule has 2 N–H and O–H groups in total. The van der Waals surface area contributed by atoms with Crippen molar-refractivity contribution in [2.24, 2.45) is 0 Å². The molecule has 2 aromatic heterocycles. The van der Waals surface area contributed by atoms with Crippen LogP contribution < -0.4 is 5.69 Å². The molecule has 0 aliphatic heterocycles. The Balaban J connectivity index is 1.78. The van der Waals surface area contributed by atoms with Crippen molar-refractivity contribution in [1.29, 1.82) is 0 Å². The highest BCUT2D eigenvalue weighted by molar-refractivity contribution is 6.32. The van der Waals surface area contributed by atoms with Gasteiger partial charge in [-0.2, -0.15) is 13.2 Å². The molecule has 2 heterocycles. The van der Waals surface area contributed by atoms with Crippen LogP contribution in [-0.2, 0) is 13.1 Å². The molecule has 0 bridgehead atoms. The van der Waals surface area contributed by atoms with E-state index in [-0.39, 0.29) is 24.0 Å². The Morgan fingerprint density at radius 2 is 1.70 bits per heavy atom. The number of para-hydroxylation sites is 1. The third-order valence-corrected chi connectivity index (χ3v) is 6.06. The van der Waals surface area contributed by atoms with Gasteiger partial charge >= 0.3 is 11.9 Å². The zero-order chi connectivity index (χ0) is 26.9. The van der Waals surface area contributed by atoms with E-state index in [1.165, 1.54) is 28.9 Å². The van der Waals surface area contributed by atoms with Crippen LogP contribution in [0.3, 0.4) is 0 Å². The molecule has 0 aliphatic rings. The molecule has 14 heteroatoms. The maximum Gasteiger partial charge on any atom is 0.416 e. The molecule has 2 aromatic carbocycles. The number of halogens is 5. The van der Waals surface area contributed by atoms with Gasteiger partial charge < -0.3 is 10.2 Å². The monoisotopic (exact) mass is 556 g/mol. The molecule has 0 amide bonds. The Kier molecular flexibility index (Phi) is 7.74. The van der Waals surface area contributed by atoms with Gasteiger partial charge in [0.15, 0.2) is 23.6 Å². The maximum atomic E-state index is 13.1. The van der Waals surface area contributed by atoms with Gasteiger partial charge in [-0.1, -0.05) is 42.3 Å². The molecular formula is C23H21Cl2F3N6O3. The SMILES string of the molecule is CCC(O)c1nc(Cn2nc(-c3ccc(Cl)cc3)n(C[C@H](O)C(F)(F)F)c2=O)nn1-c1ccccc1Cl. The summed E-state index contributed by atoms with van der Waals surface area (Å²) in [4.78, 5) is 17.5. The van der Waals surface area contributed by atoms with Crippen LogP contribution in [0.5, 0.6) is 0 Å². The van der Waals surface area contributed by atoms with Gasteiger partial charge in [0.1, 0.15) is 12.6 Å². The summed E-state index contributed by atoms with van der Waals surface area (Å²) in [6, 6.07) is 12.7. The third kappa shape index (κ3) is 5.72. The van der Waals surface area contributed by atoms with Crippen molar-refractivity contribution in [3.05, 3.63) is 80.7 Å². The van der Waals surface area contributed by atoms with Crippen molar-refractivity contribution in [3.8, 4) is 17.1 Å². The Labute approximate surface area is 218 Å². The van der Waals surface area contributed by atoms with Gasteiger partial charge in [-0.15, -0.1) is 10.2 Å². The number of rotatable bonds is 8. The van der Waals surface area contributed by atoms with Gasteiger partial charge in [-0.25, -0.2) is 19.1 Å². The van der Waals surface area contributed by atoms with Gasteiger partial charge in [0.2, 0.25) is 0 Å². The van der Waals surface area contributed by atoms with Crippen molar-refractivity contribution < 1.29 is 23.4 Å². The summed E-state index contributed by atoms with van der Waals surface area (Å²) in [5, 5.41) is 29.4. The number of nitrogens with zero attached hydrogens (tertiary/aromatic N) is 6. The molecule has 2 atom stereocenters. The second-order valence-electron chi connectivity index (χ2n) is 8.11. The van der Waals surface area contributed by atoms with Gasteiger partial charge in [0, 0.05) is 10.6 Å². The number of aliphatic hydroxyl groups excluding tert-OH is 2. The molecule has 0 aliphatic carbocycles. The first-order valence-corrected chi connectivity index (χ1v) is 11.8. The highest BCUT2D eigenvalue weighted by Gasteiger charge is 2.39. The topological polar surface area (TPSA) is 111 Å². The van der Waals surface area contributed by atoms with E-state index in [2.05, 4.69) is 15.2 Å². The summed E-state index contributed by atoms with van der Waals surface area (Å²) in [6.45, 7) is 0.351. The van der Waals surface area contributed by atoms with Crippen molar-refractivity contribution in [2.75, 3.05) is 0 Å². The summed E-state index contributed by atoms with van der Waals surface area (Å²) in [7, 11) is 0. The van der Waals surface area contributed by atoms with Gasteiger partial charge in [0.05, 0.1) is 17.3 Å². The van der Waals surface area contributed by atoms with E-state index in [1.807, 2.05) is 0 Å². The molecule has 0 radical (unpaired) electrons. The minimum Gasteiger partial charge on any atom is -0.385 e. The van der Waals surface area contributed by atoms with Crippen LogP contribution in [0.2, 0.25) is 10.0 Å². The summed E-state index contributed by atoms with van der Waals surface area (Å²) in [5.41, 5.74) is -0.162. The Hall–Kier alpha value is -3.19. The first-order valence-electron chi connectivity index (χ1n) is 11.1. The molecule has 0 spiro atoms. The summed E-state index contributed by atoms with van der Waals surface area (Å²) in [5.74, 6) is 0.126. The Morgan fingerprint density at radius 1 is 1.03 bits per heavy atom. The molecule has 0 saturated heterocycles. The Bertz CT molecular complexity index is 1450. The average molecular weight is 557 g/mol. The van der Waals surface area contributed by atoms with Crippen molar-refractivity contribution in [1.82, 2.24) is 29.1 Å². The fourth-order valence-electron chi connectivity index (χ4n) is 3.57. The van der Waals surface area contributed by atoms with Gasteiger partial charge in [0.25, 0.3) is 0 Å². The van der Waals surface area contributed by atoms with Crippen molar-refractivity contribution in [2.45, 2.75) is 44.8 Å². The molecular weight excluding hydrogens is 536 g/mol. The van der Waals surface area contributed by atoms with Gasteiger partial charge in [-0.05, 0) is 42.8 Å². The van der Waals surface area contributed by atoms with Crippen LogP contribution in [0.25, 0.3) is 17.1 Å². The van der Waals surface area contributed by atoms with E-state index >= 15 is 0 Å². The van der Waals surface area contributed by atoms with Crippen LogP contribution in [0.4, 0.5) is 13.2 Å². The number of aromatic nitrogens is 6. The molecule has 196 valence electrons. The number of hydrogen-bond donors (Lipinski definition) is 2. The molecule has 0 saturated carbocycles. The normalized spacial score (nSPS) is 13.6. The fourth-order valence-corrected chi connectivity index (χ4v) is 3.91. The van der Waals surface area contributed by atoms with Gasteiger partial charge in [-0.3, -0.25) is 4.57 Å². The second kappa shape index (κ2) is 10.7. The van der Waals surface area contributed by atoms with Crippen LogP contribution in [0.1, 0.15) is 31.1 Å². The first kappa shape index (κ1) is 26.9. The maximum absolute atomic E-state index is 13.1. The highest BCUT2D eigenvalue weighted by atomic mass is 35.5. The molecule has 0 fully saturated rings. The first-order chi connectivity index (χ1) is 17.5. The number of aliphatic hydroxyl groups is 2. The zero-order valence-electron chi connectivity index (χ0n) is 19.3. The molecule has 4 rings (SSSR count). The second-order valence-corrected chi connectivity index (χ2v) is 8.96. The minimum atomic E-state index is -4.95. The quantitative estimate of drug-likeness (QED) is 0.339. The van der Waals surface area contributed by atoms with Crippen LogP contribution in [0.15, 0.2) is 53.3 Å². The molecule has 9 nitrogen and oxygen atoms in total. The molecule has 1 unspecified atom stereocenters. The predicted molar refractivity (Wildman–Crippen MR) is 130 cm³/mol. The third-order valence-electron chi connectivity index (χ3n) is 5.49. The number of hydrogen-bond acceptors (Lipinski definition) is 6. The predicted octanol–water partition coefficient (Wildman–Crippen LogP) is 4.01.